The number of benzene rings is 1. The molecule has 11 heteroatoms. The van der Waals surface area contributed by atoms with E-state index in [1.807, 2.05) is 0 Å². The molecule has 0 unspecified atom stereocenters. The number of hydrogen-bond acceptors (Lipinski definition) is 5. The minimum Gasteiger partial charge on any atom is -0.323 e. The highest BCUT2D eigenvalue weighted by molar-refractivity contribution is 6.42. The van der Waals surface area contributed by atoms with Gasteiger partial charge in [-0.3, -0.25) is 4.98 Å². The molecule has 0 saturated heterocycles. The van der Waals surface area contributed by atoms with Crippen molar-refractivity contribution < 1.29 is 13.2 Å². The Bertz CT molecular complexity index is 1180. The number of rotatable bonds is 3. The van der Waals surface area contributed by atoms with Crippen LogP contribution in [0.4, 0.5) is 24.8 Å². The molecule has 0 saturated carbocycles. The number of nitrogens with zero attached hydrogens (tertiary/aromatic N) is 5. The summed E-state index contributed by atoms with van der Waals surface area (Å²) in [6.07, 6.45) is -1.98. The van der Waals surface area contributed by atoms with Crippen LogP contribution in [0, 0.1) is 0 Å². The van der Waals surface area contributed by atoms with E-state index in [0.29, 0.717) is 15.7 Å². The van der Waals surface area contributed by atoms with Crippen molar-refractivity contribution >= 4 is 40.5 Å². The monoisotopic (exact) mass is 424 g/mol. The van der Waals surface area contributed by atoms with Crippen molar-refractivity contribution in [2.24, 2.45) is 0 Å². The summed E-state index contributed by atoms with van der Waals surface area (Å²) in [5.41, 5.74) is -0.0618. The molecular formula is C17H9Cl2F3N6. The van der Waals surface area contributed by atoms with Crippen molar-refractivity contribution in [1.29, 1.82) is 0 Å². The number of fused-ring (bicyclic) bond motifs is 1. The zero-order chi connectivity index (χ0) is 19.9. The predicted molar refractivity (Wildman–Crippen MR) is 98.8 cm³/mol. The van der Waals surface area contributed by atoms with Crippen molar-refractivity contribution in [1.82, 2.24) is 24.8 Å². The van der Waals surface area contributed by atoms with Crippen molar-refractivity contribution in [2.75, 3.05) is 5.32 Å². The lowest BCUT2D eigenvalue weighted by molar-refractivity contribution is -0.137. The third-order valence-electron chi connectivity index (χ3n) is 3.82. The lowest BCUT2D eigenvalue weighted by Crippen LogP contribution is -2.08. The summed E-state index contributed by atoms with van der Waals surface area (Å²) in [5, 5.41) is 15.8. The molecule has 0 amide bonds. The second kappa shape index (κ2) is 6.92. The minimum atomic E-state index is -4.54. The Morgan fingerprint density at radius 2 is 1.82 bits per heavy atom. The van der Waals surface area contributed by atoms with Gasteiger partial charge in [-0.05, 0) is 36.4 Å². The summed E-state index contributed by atoms with van der Waals surface area (Å²) in [7, 11) is 0. The second-order valence-corrected chi connectivity index (χ2v) is 6.50. The van der Waals surface area contributed by atoms with Gasteiger partial charge in [0, 0.05) is 17.4 Å². The van der Waals surface area contributed by atoms with E-state index in [2.05, 4.69) is 25.6 Å². The Morgan fingerprint density at radius 1 is 1.00 bits per heavy atom. The minimum absolute atomic E-state index is 0.175. The Hall–Kier alpha value is -2.91. The van der Waals surface area contributed by atoms with Crippen molar-refractivity contribution in [3.05, 3.63) is 64.4 Å². The number of halogens is 5. The number of nitrogens with one attached hydrogen (secondary N) is 1. The number of hydrogen-bond donors (Lipinski definition) is 1. The van der Waals surface area contributed by atoms with E-state index >= 15 is 0 Å². The molecule has 0 aliphatic heterocycles. The van der Waals surface area contributed by atoms with Crippen LogP contribution in [0.5, 0.6) is 0 Å². The van der Waals surface area contributed by atoms with Gasteiger partial charge in [-0.1, -0.05) is 23.2 Å². The lowest BCUT2D eigenvalue weighted by atomic mass is 10.1. The first kappa shape index (κ1) is 18.5. The topological polar surface area (TPSA) is 68.0 Å². The Labute approximate surface area is 165 Å². The SMILES string of the molecule is FC(F)(F)c1cccnc1-c1cnn2c(Nc3ccc(Cl)c(Cl)c3)nnc2c1. The smallest absolute Gasteiger partial charge is 0.323 e. The van der Waals surface area contributed by atoms with Gasteiger partial charge in [-0.15, -0.1) is 10.2 Å². The van der Waals surface area contributed by atoms with Crippen molar-refractivity contribution in [3.8, 4) is 11.3 Å². The molecule has 1 N–H and O–H groups in total. The molecule has 0 atom stereocenters. The summed E-state index contributed by atoms with van der Waals surface area (Å²) in [5.74, 6) is 0.261. The van der Waals surface area contributed by atoms with E-state index in [1.165, 1.54) is 29.0 Å². The maximum atomic E-state index is 13.2. The van der Waals surface area contributed by atoms with Crippen LogP contribution in [-0.2, 0) is 6.18 Å². The van der Waals surface area contributed by atoms with E-state index < -0.39 is 11.7 Å². The van der Waals surface area contributed by atoms with Gasteiger partial charge in [0.15, 0.2) is 5.65 Å². The van der Waals surface area contributed by atoms with Gasteiger partial charge in [0.25, 0.3) is 0 Å². The van der Waals surface area contributed by atoms with Gasteiger partial charge in [-0.25, -0.2) is 0 Å². The van der Waals surface area contributed by atoms with Gasteiger partial charge < -0.3 is 5.32 Å². The molecule has 0 fully saturated rings. The molecule has 3 heterocycles. The number of pyridine rings is 1. The average molecular weight is 425 g/mol. The van der Waals surface area contributed by atoms with Gasteiger partial charge in [0.05, 0.1) is 27.5 Å². The normalized spacial score (nSPS) is 11.8. The van der Waals surface area contributed by atoms with Crippen molar-refractivity contribution in [2.45, 2.75) is 6.18 Å². The summed E-state index contributed by atoms with van der Waals surface area (Å²) in [4.78, 5) is 3.85. The first-order valence-corrected chi connectivity index (χ1v) is 8.54. The Balaban J connectivity index is 1.72. The molecule has 0 spiro atoms. The van der Waals surface area contributed by atoms with Gasteiger partial charge in [0.2, 0.25) is 5.95 Å². The molecule has 0 aliphatic rings. The van der Waals surface area contributed by atoms with E-state index in [1.54, 1.807) is 18.2 Å². The quantitative estimate of drug-likeness (QED) is 0.485. The maximum absolute atomic E-state index is 13.2. The predicted octanol–water partition coefficient (Wildman–Crippen LogP) is 5.26. The van der Waals surface area contributed by atoms with Crippen LogP contribution in [-0.4, -0.2) is 24.8 Å². The van der Waals surface area contributed by atoms with E-state index in [0.717, 1.165) is 6.07 Å². The van der Waals surface area contributed by atoms with Crippen LogP contribution >= 0.6 is 23.2 Å². The highest BCUT2D eigenvalue weighted by Crippen LogP contribution is 2.35. The second-order valence-electron chi connectivity index (χ2n) is 5.69. The maximum Gasteiger partial charge on any atom is 0.418 e. The molecule has 1 aromatic carbocycles. The van der Waals surface area contributed by atoms with Gasteiger partial charge in [-0.2, -0.15) is 22.8 Å². The van der Waals surface area contributed by atoms with Crippen LogP contribution in [0.2, 0.25) is 10.0 Å². The zero-order valence-electron chi connectivity index (χ0n) is 13.7. The van der Waals surface area contributed by atoms with Crippen LogP contribution in [0.1, 0.15) is 5.56 Å². The third-order valence-corrected chi connectivity index (χ3v) is 4.56. The fraction of sp³-hybridized carbons (Fsp3) is 0.0588. The number of aromatic nitrogens is 5. The van der Waals surface area contributed by atoms with E-state index in [4.69, 9.17) is 23.2 Å². The molecule has 4 aromatic rings. The van der Waals surface area contributed by atoms with Crippen LogP contribution < -0.4 is 5.32 Å². The molecule has 0 aliphatic carbocycles. The largest absolute Gasteiger partial charge is 0.418 e. The highest BCUT2D eigenvalue weighted by atomic mass is 35.5. The van der Waals surface area contributed by atoms with Crippen molar-refractivity contribution in [3.63, 3.8) is 0 Å². The standard InChI is InChI=1S/C17H9Cl2F3N6/c18-12-4-3-10(7-13(12)19)25-16-27-26-14-6-9(8-24-28(14)16)15-11(17(20,21)22)2-1-5-23-15/h1-8H,(H,25,27). The highest BCUT2D eigenvalue weighted by Gasteiger charge is 2.34. The fourth-order valence-corrected chi connectivity index (χ4v) is 2.86. The first-order chi connectivity index (χ1) is 13.3. The molecule has 28 heavy (non-hydrogen) atoms. The molecule has 6 nitrogen and oxygen atoms in total. The summed E-state index contributed by atoms with van der Waals surface area (Å²) in [6.45, 7) is 0. The molecular weight excluding hydrogens is 416 g/mol. The first-order valence-electron chi connectivity index (χ1n) is 7.79. The van der Waals surface area contributed by atoms with Gasteiger partial charge in [0.1, 0.15) is 0 Å². The zero-order valence-corrected chi connectivity index (χ0v) is 15.3. The third kappa shape index (κ3) is 3.46. The van der Waals surface area contributed by atoms with E-state index in [-0.39, 0.29) is 22.9 Å². The molecule has 0 bridgehead atoms. The molecule has 142 valence electrons. The van der Waals surface area contributed by atoms with Crippen LogP contribution in [0.3, 0.4) is 0 Å². The average Bonchev–Trinajstić information content (AvgIpc) is 3.06. The fourth-order valence-electron chi connectivity index (χ4n) is 2.57. The number of alkyl halides is 3. The summed E-state index contributed by atoms with van der Waals surface area (Å²) < 4.78 is 41.0. The summed E-state index contributed by atoms with van der Waals surface area (Å²) >= 11 is 11.9. The summed E-state index contributed by atoms with van der Waals surface area (Å²) in [6, 6.07) is 8.52. The van der Waals surface area contributed by atoms with E-state index in [9.17, 15) is 13.2 Å². The Morgan fingerprint density at radius 3 is 2.57 bits per heavy atom. The Kier molecular flexibility index (Phi) is 4.56. The number of anilines is 2. The molecule has 0 radical (unpaired) electrons. The molecule has 4 rings (SSSR count). The lowest BCUT2D eigenvalue weighted by Gasteiger charge is -2.11. The van der Waals surface area contributed by atoms with Crippen LogP contribution in [0.25, 0.3) is 16.9 Å². The van der Waals surface area contributed by atoms with Crippen LogP contribution in [0.15, 0.2) is 48.8 Å². The van der Waals surface area contributed by atoms with Gasteiger partial charge >= 0.3 is 6.18 Å². The molecule has 3 aromatic heterocycles.